The van der Waals surface area contributed by atoms with Crippen molar-refractivity contribution in [3.8, 4) is 0 Å². The van der Waals surface area contributed by atoms with E-state index >= 15 is 0 Å². The highest BCUT2D eigenvalue weighted by molar-refractivity contribution is 5.90. The Morgan fingerprint density at radius 3 is 2.62 bits per heavy atom. The lowest BCUT2D eigenvalue weighted by Gasteiger charge is -2.27. The highest BCUT2D eigenvalue weighted by atomic mass is 16.4. The van der Waals surface area contributed by atoms with Crippen molar-refractivity contribution in [2.45, 2.75) is 6.04 Å². The molecule has 1 rings (SSSR count). The first-order valence-electron chi connectivity index (χ1n) is 4.01. The highest BCUT2D eigenvalue weighted by Crippen LogP contribution is 2.21. The van der Waals surface area contributed by atoms with Crippen LogP contribution >= 0.6 is 0 Å². The number of rotatable bonds is 2. The van der Waals surface area contributed by atoms with Gasteiger partial charge in [-0.05, 0) is 25.7 Å². The number of carboxylic acids is 1. The van der Waals surface area contributed by atoms with Gasteiger partial charge in [-0.25, -0.2) is 4.79 Å². The van der Waals surface area contributed by atoms with Gasteiger partial charge in [0.05, 0.1) is 11.6 Å². The van der Waals surface area contributed by atoms with Gasteiger partial charge in [-0.15, -0.1) is 0 Å². The van der Waals surface area contributed by atoms with Gasteiger partial charge in [0.15, 0.2) is 0 Å². The van der Waals surface area contributed by atoms with E-state index in [1.54, 1.807) is 12.2 Å². The minimum Gasteiger partial charge on any atom is -0.478 e. The van der Waals surface area contributed by atoms with Gasteiger partial charge in [0.25, 0.3) is 0 Å². The number of likely N-dealkylation sites (N-methyl/N-ethyl adjacent to an activating group) is 1. The summed E-state index contributed by atoms with van der Waals surface area (Å²) in [5.41, 5.74) is 1.18. The second-order valence-corrected chi connectivity index (χ2v) is 3.23. The summed E-state index contributed by atoms with van der Waals surface area (Å²) >= 11 is 0. The number of allylic oxidation sites excluding steroid dienone is 2. The predicted molar refractivity (Wildman–Crippen MR) is 51.5 cm³/mol. The number of carboxylic acid groups (broad SMARTS) is 1. The Labute approximate surface area is 77.7 Å². The molecule has 0 fully saturated rings. The first kappa shape index (κ1) is 9.74. The maximum atomic E-state index is 10.8. The maximum Gasteiger partial charge on any atom is 0.333 e. The Balaban J connectivity index is 3.03. The number of hydrogen-bond donors (Lipinski definition) is 1. The largest absolute Gasteiger partial charge is 0.478 e. The number of carbonyl (C=O) groups is 1. The van der Waals surface area contributed by atoms with Crippen molar-refractivity contribution in [2.24, 2.45) is 0 Å². The van der Waals surface area contributed by atoms with E-state index in [4.69, 9.17) is 5.11 Å². The van der Waals surface area contributed by atoms with Gasteiger partial charge in [0.1, 0.15) is 0 Å². The van der Waals surface area contributed by atoms with E-state index in [2.05, 4.69) is 6.58 Å². The van der Waals surface area contributed by atoms with E-state index in [-0.39, 0.29) is 6.04 Å². The Morgan fingerprint density at radius 2 is 2.23 bits per heavy atom. The van der Waals surface area contributed by atoms with E-state index in [0.29, 0.717) is 5.57 Å². The number of aliphatic carboxylic acids is 1. The van der Waals surface area contributed by atoms with Crippen molar-refractivity contribution in [2.75, 3.05) is 14.1 Å². The van der Waals surface area contributed by atoms with Gasteiger partial charge in [0.2, 0.25) is 0 Å². The Kier molecular flexibility index (Phi) is 2.68. The van der Waals surface area contributed by atoms with Crippen LogP contribution in [0.25, 0.3) is 0 Å². The molecule has 0 aromatic heterocycles. The molecule has 0 spiro atoms. The standard InChI is InChI=1S/C10H13NO2/c1-7-5-4-6-8(10(12)13)9(7)11(2)3/h4-6,9H,1H2,2-3H3,(H,12,13). The molecule has 70 valence electrons. The minimum absolute atomic E-state index is 0.206. The fourth-order valence-corrected chi connectivity index (χ4v) is 1.46. The summed E-state index contributed by atoms with van der Waals surface area (Å²) in [5.74, 6) is -0.885. The van der Waals surface area contributed by atoms with Crippen LogP contribution in [0.4, 0.5) is 0 Å². The van der Waals surface area contributed by atoms with Crippen LogP contribution < -0.4 is 0 Å². The molecule has 0 saturated heterocycles. The van der Waals surface area contributed by atoms with Gasteiger partial charge in [-0.3, -0.25) is 4.90 Å². The van der Waals surface area contributed by atoms with E-state index in [1.165, 1.54) is 0 Å². The molecule has 0 saturated carbocycles. The fraction of sp³-hybridized carbons (Fsp3) is 0.300. The smallest absolute Gasteiger partial charge is 0.333 e. The predicted octanol–water partition coefficient (Wildman–Crippen LogP) is 1.05. The zero-order valence-corrected chi connectivity index (χ0v) is 7.82. The van der Waals surface area contributed by atoms with Gasteiger partial charge < -0.3 is 5.11 Å². The van der Waals surface area contributed by atoms with E-state index in [9.17, 15) is 4.79 Å². The molecule has 1 atom stereocenters. The third kappa shape index (κ3) is 1.87. The molecule has 1 N–H and O–H groups in total. The average Bonchev–Trinajstić information content (AvgIpc) is 2.02. The van der Waals surface area contributed by atoms with Crippen LogP contribution in [-0.4, -0.2) is 36.1 Å². The maximum absolute atomic E-state index is 10.8. The van der Waals surface area contributed by atoms with Crippen molar-refractivity contribution >= 4 is 5.97 Å². The van der Waals surface area contributed by atoms with Gasteiger partial charge in [-0.2, -0.15) is 0 Å². The molecule has 13 heavy (non-hydrogen) atoms. The average molecular weight is 179 g/mol. The third-order valence-corrected chi connectivity index (χ3v) is 2.00. The molecule has 3 heteroatoms. The lowest BCUT2D eigenvalue weighted by molar-refractivity contribution is -0.133. The van der Waals surface area contributed by atoms with Crippen LogP contribution in [0.2, 0.25) is 0 Å². The molecule has 3 nitrogen and oxygen atoms in total. The van der Waals surface area contributed by atoms with Gasteiger partial charge >= 0.3 is 5.97 Å². The molecule has 0 aromatic rings. The summed E-state index contributed by atoms with van der Waals surface area (Å²) in [6.07, 6.45) is 5.16. The normalized spacial score (nSPS) is 21.9. The van der Waals surface area contributed by atoms with Gasteiger partial charge in [0, 0.05) is 0 Å². The Hall–Kier alpha value is -1.35. The molecule has 0 heterocycles. The van der Waals surface area contributed by atoms with Crippen LogP contribution in [0.3, 0.4) is 0 Å². The monoisotopic (exact) mass is 179 g/mol. The lowest BCUT2D eigenvalue weighted by atomic mass is 9.94. The molecule has 0 amide bonds. The van der Waals surface area contributed by atoms with Crippen LogP contribution in [0.1, 0.15) is 0 Å². The summed E-state index contributed by atoms with van der Waals surface area (Å²) in [6.45, 7) is 3.82. The van der Waals surface area contributed by atoms with E-state index in [0.717, 1.165) is 5.57 Å². The highest BCUT2D eigenvalue weighted by Gasteiger charge is 2.25. The molecular weight excluding hydrogens is 166 g/mol. The van der Waals surface area contributed by atoms with Crippen molar-refractivity contribution in [3.05, 3.63) is 36.0 Å². The van der Waals surface area contributed by atoms with Crippen LogP contribution in [0.5, 0.6) is 0 Å². The first-order valence-corrected chi connectivity index (χ1v) is 4.01. The van der Waals surface area contributed by atoms with E-state index < -0.39 is 5.97 Å². The quantitative estimate of drug-likeness (QED) is 0.689. The Morgan fingerprint density at radius 1 is 1.62 bits per heavy atom. The molecule has 0 aliphatic heterocycles. The summed E-state index contributed by atoms with van der Waals surface area (Å²) in [4.78, 5) is 12.7. The zero-order valence-electron chi connectivity index (χ0n) is 7.82. The molecule has 1 unspecified atom stereocenters. The minimum atomic E-state index is -0.885. The fourth-order valence-electron chi connectivity index (χ4n) is 1.46. The number of nitrogens with zero attached hydrogens (tertiary/aromatic N) is 1. The third-order valence-electron chi connectivity index (χ3n) is 2.00. The molecule has 0 radical (unpaired) electrons. The van der Waals surface area contributed by atoms with E-state index in [1.807, 2.05) is 25.1 Å². The van der Waals surface area contributed by atoms with Crippen LogP contribution in [0.15, 0.2) is 36.0 Å². The van der Waals surface area contributed by atoms with Crippen molar-refractivity contribution < 1.29 is 9.90 Å². The summed E-state index contributed by atoms with van der Waals surface area (Å²) in [7, 11) is 3.68. The summed E-state index contributed by atoms with van der Waals surface area (Å²) in [5, 5.41) is 8.91. The Bertz CT molecular complexity index is 300. The molecule has 0 aromatic carbocycles. The second-order valence-electron chi connectivity index (χ2n) is 3.23. The zero-order chi connectivity index (χ0) is 10.0. The lowest BCUT2D eigenvalue weighted by Crippen LogP contribution is -2.34. The first-order chi connectivity index (χ1) is 6.04. The van der Waals surface area contributed by atoms with Gasteiger partial charge in [-0.1, -0.05) is 18.7 Å². The van der Waals surface area contributed by atoms with Crippen molar-refractivity contribution in [3.63, 3.8) is 0 Å². The van der Waals surface area contributed by atoms with Crippen LogP contribution in [0, 0.1) is 0 Å². The molecular formula is C10H13NO2. The molecule has 1 aliphatic rings. The molecule has 1 aliphatic carbocycles. The van der Waals surface area contributed by atoms with Crippen molar-refractivity contribution in [1.29, 1.82) is 0 Å². The van der Waals surface area contributed by atoms with Crippen molar-refractivity contribution in [1.82, 2.24) is 4.90 Å². The molecule has 0 bridgehead atoms. The summed E-state index contributed by atoms with van der Waals surface area (Å²) < 4.78 is 0. The topological polar surface area (TPSA) is 40.5 Å². The SMILES string of the molecule is C=C1C=CC=C(C(=O)O)C1N(C)C. The number of hydrogen-bond acceptors (Lipinski definition) is 2. The summed E-state index contributed by atoms with van der Waals surface area (Å²) in [6, 6.07) is -0.206. The second kappa shape index (κ2) is 3.58. The van der Waals surface area contributed by atoms with Crippen LogP contribution in [-0.2, 0) is 4.79 Å².